The molecule has 0 bridgehead atoms. The first-order valence-corrected chi connectivity index (χ1v) is 11.3. The molecule has 170 valence electrons. The second-order valence-corrected chi connectivity index (χ2v) is 8.28. The fraction of sp³-hybridized carbons (Fsp3) is 0.385. The van der Waals surface area contributed by atoms with Gasteiger partial charge in [0, 0.05) is 54.6 Å². The van der Waals surface area contributed by atoms with Crippen LogP contribution in [0.15, 0.2) is 59.1 Å². The highest BCUT2D eigenvalue weighted by Crippen LogP contribution is 2.28. The minimum absolute atomic E-state index is 0.0871. The number of carbonyl (C=O) groups is 1. The summed E-state index contributed by atoms with van der Waals surface area (Å²) in [5.41, 5.74) is 4.31. The minimum atomic E-state index is -0.0914. The average molecular weight is 435 g/mol. The van der Waals surface area contributed by atoms with Crippen molar-refractivity contribution in [3.63, 3.8) is 0 Å². The first kappa shape index (κ1) is 23.5. The second-order valence-electron chi connectivity index (χ2n) is 8.28. The van der Waals surface area contributed by atoms with Gasteiger partial charge in [0.2, 0.25) is 0 Å². The lowest BCUT2D eigenvalue weighted by molar-refractivity contribution is 0.0943. The summed E-state index contributed by atoms with van der Waals surface area (Å²) in [5.74, 6) is 0.612. The monoisotopic (exact) mass is 434 g/mol. The Bertz CT molecular complexity index is 1010. The molecule has 6 nitrogen and oxygen atoms in total. The lowest BCUT2D eigenvalue weighted by Crippen LogP contribution is -2.33. The molecule has 3 rings (SSSR count). The number of likely N-dealkylation sites (N-methyl/N-ethyl adjacent to an activating group) is 2. The number of aromatic nitrogens is 1. The van der Waals surface area contributed by atoms with Crippen LogP contribution in [0.2, 0.25) is 0 Å². The summed E-state index contributed by atoms with van der Waals surface area (Å²) in [6.07, 6.45) is 0. The van der Waals surface area contributed by atoms with Crippen LogP contribution in [-0.2, 0) is 0 Å². The number of nitrogens with zero attached hydrogens (tertiary/aromatic N) is 3. The van der Waals surface area contributed by atoms with Gasteiger partial charge in [-0.3, -0.25) is 4.79 Å². The standard InChI is InChI=1S/C26H34N4O2/c1-6-30(7-2)16-15-29(5)23-13-11-20(12-14-23)25-18-24(28-32-25)21-9-8-10-22(17-21)26(31)27-19(3)4/h8-14,17-19H,6-7,15-16H2,1-5H3,(H,27,31). The minimum Gasteiger partial charge on any atom is -0.373 e. The first-order valence-electron chi connectivity index (χ1n) is 11.3. The van der Waals surface area contributed by atoms with Gasteiger partial charge < -0.3 is 19.6 Å². The Morgan fingerprint density at radius 3 is 2.38 bits per heavy atom. The summed E-state index contributed by atoms with van der Waals surface area (Å²) in [6.45, 7) is 12.4. The molecule has 0 aliphatic rings. The van der Waals surface area contributed by atoms with E-state index in [0.29, 0.717) is 17.0 Å². The van der Waals surface area contributed by atoms with Gasteiger partial charge >= 0.3 is 0 Å². The van der Waals surface area contributed by atoms with Crippen LogP contribution in [0.5, 0.6) is 0 Å². The summed E-state index contributed by atoms with van der Waals surface area (Å²) < 4.78 is 5.61. The van der Waals surface area contributed by atoms with E-state index >= 15 is 0 Å². The van der Waals surface area contributed by atoms with Gasteiger partial charge in [-0.1, -0.05) is 31.1 Å². The quantitative estimate of drug-likeness (QED) is 0.490. The van der Waals surface area contributed by atoms with Crippen LogP contribution >= 0.6 is 0 Å². The van der Waals surface area contributed by atoms with Gasteiger partial charge in [-0.15, -0.1) is 0 Å². The highest BCUT2D eigenvalue weighted by molar-refractivity contribution is 5.95. The number of carbonyl (C=O) groups excluding carboxylic acids is 1. The van der Waals surface area contributed by atoms with Crippen LogP contribution in [-0.4, -0.2) is 55.2 Å². The van der Waals surface area contributed by atoms with Gasteiger partial charge in [0.05, 0.1) is 0 Å². The molecule has 0 radical (unpaired) electrons. The Hall–Kier alpha value is -3.12. The lowest BCUT2D eigenvalue weighted by atomic mass is 10.1. The van der Waals surface area contributed by atoms with Crippen molar-refractivity contribution in [2.45, 2.75) is 33.7 Å². The van der Waals surface area contributed by atoms with Gasteiger partial charge in [-0.25, -0.2) is 0 Å². The summed E-state index contributed by atoms with van der Waals surface area (Å²) in [6, 6.07) is 17.8. The molecule has 0 aliphatic carbocycles. The normalized spacial score (nSPS) is 11.2. The predicted molar refractivity (Wildman–Crippen MR) is 131 cm³/mol. The van der Waals surface area contributed by atoms with Gasteiger partial charge in [0.15, 0.2) is 5.76 Å². The molecule has 0 aliphatic heterocycles. The Morgan fingerprint density at radius 1 is 1.00 bits per heavy atom. The molecule has 0 fully saturated rings. The molecule has 6 heteroatoms. The number of anilines is 1. The Morgan fingerprint density at radius 2 is 1.72 bits per heavy atom. The van der Waals surface area contributed by atoms with Crippen molar-refractivity contribution in [2.75, 3.05) is 38.1 Å². The van der Waals surface area contributed by atoms with Crippen molar-refractivity contribution in [3.05, 3.63) is 60.2 Å². The molecule has 3 aromatic rings. The fourth-order valence-corrected chi connectivity index (χ4v) is 3.55. The molecule has 1 N–H and O–H groups in total. The van der Waals surface area contributed by atoms with E-state index in [4.69, 9.17) is 4.52 Å². The highest BCUT2D eigenvalue weighted by Gasteiger charge is 2.13. The predicted octanol–water partition coefficient (Wildman–Crippen LogP) is 4.92. The second kappa shape index (κ2) is 11.0. The maximum Gasteiger partial charge on any atom is 0.251 e. The third-order valence-electron chi connectivity index (χ3n) is 5.59. The molecule has 1 heterocycles. The van der Waals surface area contributed by atoms with Crippen LogP contribution < -0.4 is 10.2 Å². The zero-order valence-electron chi connectivity index (χ0n) is 19.8. The number of benzene rings is 2. The maximum atomic E-state index is 12.3. The van der Waals surface area contributed by atoms with E-state index in [1.54, 1.807) is 6.07 Å². The van der Waals surface area contributed by atoms with Crippen LogP contribution in [0.25, 0.3) is 22.6 Å². The van der Waals surface area contributed by atoms with Crippen molar-refractivity contribution in [1.29, 1.82) is 0 Å². The molecular formula is C26H34N4O2. The average Bonchev–Trinajstić information content (AvgIpc) is 3.30. The third kappa shape index (κ3) is 5.98. The van der Waals surface area contributed by atoms with Crippen molar-refractivity contribution >= 4 is 11.6 Å². The highest BCUT2D eigenvalue weighted by atomic mass is 16.5. The zero-order valence-corrected chi connectivity index (χ0v) is 19.8. The van der Waals surface area contributed by atoms with Crippen molar-refractivity contribution < 1.29 is 9.32 Å². The largest absolute Gasteiger partial charge is 0.373 e. The SMILES string of the molecule is CCN(CC)CCN(C)c1ccc(-c2cc(-c3cccc(C(=O)NC(C)C)c3)no2)cc1. The number of hydrogen-bond acceptors (Lipinski definition) is 5. The molecule has 0 spiro atoms. The van der Waals surface area contributed by atoms with Gasteiger partial charge in [-0.2, -0.15) is 0 Å². The van der Waals surface area contributed by atoms with Crippen molar-refractivity contribution in [3.8, 4) is 22.6 Å². The van der Waals surface area contributed by atoms with Gasteiger partial charge in [0.25, 0.3) is 5.91 Å². The Balaban J connectivity index is 1.70. The van der Waals surface area contributed by atoms with Crippen LogP contribution in [0.1, 0.15) is 38.1 Å². The van der Waals surface area contributed by atoms with E-state index in [-0.39, 0.29) is 11.9 Å². The zero-order chi connectivity index (χ0) is 23.1. The summed E-state index contributed by atoms with van der Waals surface area (Å²) in [5, 5.41) is 7.14. The molecule has 0 unspecified atom stereocenters. The molecule has 1 amide bonds. The lowest BCUT2D eigenvalue weighted by Gasteiger charge is -2.24. The van der Waals surface area contributed by atoms with Crippen LogP contribution in [0, 0.1) is 0 Å². The van der Waals surface area contributed by atoms with E-state index in [0.717, 1.165) is 37.3 Å². The van der Waals surface area contributed by atoms with E-state index < -0.39 is 0 Å². The van der Waals surface area contributed by atoms with Gasteiger partial charge in [0.1, 0.15) is 5.69 Å². The van der Waals surface area contributed by atoms with Gasteiger partial charge in [-0.05, 0) is 63.3 Å². The Kier molecular flexibility index (Phi) is 8.06. The Labute approximate surface area is 191 Å². The molecule has 1 aromatic heterocycles. The summed E-state index contributed by atoms with van der Waals surface area (Å²) in [7, 11) is 2.12. The summed E-state index contributed by atoms with van der Waals surface area (Å²) >= 11 is 0. The molecule has 0 saturated carbocycles. The first-order chi connectivity index (χ1) is 15.4. The third-order valence-corrected chi connectivity index (χ3v) is 5.59. The molecular weight excluding hydrogens is 400 g/mol. The molecule has 0 atom stereocenters. The van der Waals surface area contributed by atoms with Crippen molar-refractivity contribution in [2.24, 2.45) is 0 Å². The summed E-state index contributed by atoms with van der Waals surface area (Å²) in [4.78, 5) is 17.0. The molecule has 32 heavy (non-hydrogen) atoms. The van der Waals surface area contributed by atoms with E-state index in [1.165, 1.54) is 5.69 Å². The van der Waals surface area contributed by atoms with E-state index in [2.05, 4.69) is 65.4 Å². The fourth-order valence-electron chi connectivity index (χ4n) is 3.55. The molecule has 2 aromatic carbocycles. The smallest absolute Gasteiger partial charge is 0.251 e. The topological polar surface area (TPSA) is 61.6 Å². The number of amides is 1. The number of hydrogen-bond donors (Lipinski definition) is 1. The van der Waals surface area contributed by atoms with E-state index in [1.807, 2.05) is 38.1 Å². The molecule has 0 saturated heterocycles. The maximum absolute atomic E-state index is 12.3. The number of nitrogens with one attached hydrogen (secondary N) is 1. The number of rotatable bonds is 10. The van der Waals surface area contributed by atoms with E-state index in [9.17, 15) is 4.79 Å². The van der Waals surface area contributed by atoms with Crippen molar-refractivity contribution in [1.82, 2.24) is 15.4 Å². The van der Waals surface area contributed by atoms with Crippen LogP contribution in [0.3, 0.4) is 0 Å². The van der Waals surface area contributed by atoms with Crippen LogP contribution in [0.4, 0.5) is 5.69 Å².